The highest BCUT2D eigenvalue weighted by molar-refractivity contribution is 6.02. The molecule has 0 aliphatic carbocycles. The zero-order valence-corrected chi connectivity index (χ0v) is 22.3. The van der Waals surface area contributed by atoms with Gasteiger partial charge < -0.3 is 18.9 Å². The quantitative estimate of drug-likeness (QED) is 0.313. The summed E-state index contributed by atoms with van der Waals surface area (Å²) in [5.74, 6) is 0.192. The molecule has 5 rings (SSSR count). The lowest BCUT2D eigenvalue weighted by atomic mass is 9.96. The van der Waals surface area contributed by atoms with Gasteiger partial charge in [0.1, 0.15) is 29.9 Å². The van der Waals surface area contributed by atoms with Gasteiger partial charge in [0.25, 0.3) is 5.91 Å². The first-order valence-electron chi connectivity index (χ1n) is 12.7. The number of fused-ring (bicyclic) bond motifs is 3. The van der Waals surface area contributed by atoms with E-state index in [2.05, 4.69) is 4.57 Å². The molecule has 2 heterocycles. The van der Waals surface area contributed by atoms with E-state index >= 15 is 0 Å². The highest BCUT2D eigenvalue weighted by Gasteiger charge is 2.39. The normalized spacial score (nSPS) is 14.0. The summed E-state index contributed by atoms with van der Waals surface area (Å²) in [5.41, 5.74) is 3.50. The summed E-state index contributed by atoms with van der Waals surface area (Å²) in [5, 5.41) is 0. The van der Waals surface area contributed by atoms with E-state index in [-0.39, 0.29) is 24.4 Å². The van der Waals surface area contributed by atoms with E-state index in [0.717, 1.165) is 16.9 Å². The summed E-state index contributed by atoms with van der Waals surface area (Å²) in [6.45, 7) is 3.53. The molecule has 0 bridgehead atoms. The van der Waals surface area contributed by atoms with E-state index in [0.29, 0.717) is 22.7 Å². The number of hydrogen-bond acceptors (Lipinski definition) is 4. The zero-order valence-electron chi connectivity index (χ0n) is 22.3. The first kappa shape index (κ1) is 26.0. The Bertz CT molecular complexity index is 1510. The second-order valence-corrected chi connectivity index (χ2v) is 9.60. The third kappa shape index (κ3) is 4.74. The predicted octanol–water partition coefficient (Wildman–Crippen LogP) is 5.62. The van der Waals surface area contributed by atoms with E-state index in [9.17, 15) is 14.0 Å². The van der Waals surface area contributed by atoms with Crippen molar-refractivity contribution < 1.29 is 23.5 Å². The molecule has 0 saturated heterocycles. The van der Waals surface area contributed by atoms with E-state index in [1.165, 1.54) is 29.2 Å². The summed E-state index contributed by atoms with van der Waals surface area (Å²) in [6, 6.07) is 21.6. The number of amides is 2. The van der Waals surface area contributed by atoms with Crippen LogP contribution in [0, 0.1) is 5.82 Å². The number of aromatic nitrogens is 1. The lowest BCUT2D eigenvalue weighted by molar-refractivity contribution is -0.120. The van der Waals surface area contributed by atoms with Gasteiger partial charge in [-0.1, -0.05) is 12.1 Å². The fraction of sp³-hybridized carbons (Fsp3) is 0.226. The maximum Gasteiger partial charge on any atom is 0.254 e. The Kier molecular flexibility index (Phi) is 7.11. The van der Waals surface area contributed by atoms with Crippen molar-refractivity contribution in [3.05, 3.63) is 108 Å². The number of halogens is 1. The Labute approximate surface area is 227 Å². The van der Waals surface area contributed by atoms with Gasteiger partial charge in [-0.3, -0.25) is 14.5 Å². The molecule has 0 saturated carbocycles. The molecule has 0 fully saturated rings. The molecule has 39 heavy (non-hydrogen) atoms. The molecule has 8 heteroatoms. The monoisotopic (exact) mass is 527 g/mol. The average molecular weight is 528 g/mol. The third-order valence-corrected chi connectivity index (χ3v) is 7.00. The van der Waals surface area contributed by atoms with Crippen LogP contribution in [-0.4, -0.2) is 48.1 Å². The van der Waals surface area contributed by atoms with Gasteiger partial charge in [-0.15, -0.1) is 0 Å². The first-order valence-corrected chi connectivity index (χ1v) is 12.7. The molecule has 0 N–H and O–H groups in total. The van der Waals surface area contributed by atoms with Gasteiger partial charge in [-0.25, -0.2) is 4.39 Å². The lowest BCUT2D eigenvalue weighted by Crippen LogP contribution is -2.48. The highest BCUT2D eigenvalue weighted by atomic mass is 19.1. The molecule has 1 aromatic heterocycles. The molecule has 1 aliphatic rings. The first-order chi connectivity index (χ1) is 18.8. The number of carbonyl (C=O) groups excluding carboxylic acids is 2. The van der Waals surface area contributed by atoms with Gasteiger partial charge in [0.15, 0.2) is 0 Å². The lowest BCUT2D eigenvalue weighted by Gasteiger charge is -2.40. The number of hydrogen-bond donors (Lipinski definition) is 0. The Morgan fingerprint density at radius 2 is 1.64 bits per heavy atom. The van der Waals surface area contributed by atoms with Crippen molar-refractivity contribution in [2.45, 2.75) is 25.9 Å². The van der Waals surface area contributed by atoms with Crippen LogP contribution in [0.1, 0.15) is 41.5 Å². The van der Waals surface area contributed by atoms with Crippen LogP contribution >= 0.6 is 0 Å². The van der Waals surface area contributed by atoms with Gasteiger partial charge in [0, 0.05) is 23.4 Å². The maximum atomic E-state index is 14.3. The number of para-hydroxylation sites is 2. The molecule has 3 aromatic carbocycles. The van der Waals surface area contributed by atoms with E-state index in [4.69, 9.17) is 9.47 Å². The number of anilines is 1. The SMILES string of the molecule is COc1ccc(OC)c(C2c3cccn3-c3ccccc3N2C(=O)CN(C(=O)c2ccc(F)cc2)C(C)C)c1. The number of carbonyl (C=O) groups is 2. The van der Waals surface area contributed by atoms with Gasteiger partial charge in [-0.2, -0.15) is 0 Å². The Morgan fingerprint density at radius 3 is 2.31 bits per heavy atom. The van der Waals surface area contributed by atoms with Crippen LogP contribution in [0.3, 0.4) is 0 Å². The Balaban J connectivity index is 1.62. The number of ether oxygens (including phenoxy) is 2. The van der Waals surface area contributed by atoms with Crippen LogP contribution in [0.25, 0.3) is 5.69 Å². The van der Waals surface area contributed by atoms with Crippen molar-refractivity contribution in [3.8, 4) is 17.2 Å². The van der Waals surface area contributed by atoms with Crippen molar-refractivity contribution in [2.75, 3.05) is 25.7 Å². The fourth-order valence-corrected chi connectivity index (χ4v) is 5.08. The maximum absolute atomic E-state index is 14.3. The second-order valence-electron chi connectivity index (χ2n) is 9.60. The molecule has 1 atom stereocenters. The van der Waals surface area contributed by atoms with Gasteiger partial charge in [0.05, 0.1) is 31.3 Å². The van der Waals surface area contributed by atoms with Crippen LogP contribution in [-0.2, 0) is 4.79 Å². The fourth-order valence-electron chi connectivity index (χ4n) is 5.08. The number of benzene rings is 3. The molecule has 4 aromatic rings. The third-order valence-electron chi connectivity index (χ3n) is 7.00. The van der Waals surface area contributed by atoms with Gasteiger partial charge in [0.2, 0.25) is 5.91 Å². The molecule has 2 amide bonds. The summed E-state index contributed by atoms with van der Waals surface area (Å²) >= 11 is 0. The molecule has 1 aliphatic heterocycles. The molecule has 7 nitrogen and oxygen atoms in total. The van der Waals surface area contributed by atoms with Crippen LogP contribution in [0.5, 0.6) is 11.5 Å². The highest BCUT2D eigenvalue weighted by Crippen LogP contribution is 2.45. The number of nitrogens with zero attached hydrogens (tertiary/aromatic N) is 3. The van der Waals surface area contributed by atoms with Gasteiger partial charge >= 0.3 is 0 Å². The summed E-state index contributed by atoms with van der Waals surface area (Å²) in [4.78, 5) is 31.0. The predicted molar refractivity (Wildman–Crippen MR) is 147 cm³/mol. The number of rotatable bonds is 7. The standard InChI is InChI=1S/C31H30FN3O4/c1-20(2)34(31(37)21-11-13-22(32)14-12-21)19-29(36)35-26-9-6-5-8-25(26)33-17-7-10-27(33)30(35)24-18-23(38-3)15-16-28(24)39-4/h5-18,20,30H,19H2,1-4H3. The van der Waals surface area contributed by atoms with Crippen molar-refractivity contribution >= 4 is 17.5 Å². The minimum Gasteiger partial charge on any atom is -0.497 e. The Hall–Kier alpha value is -4.59. The van der Waals surface area contributed by atoms with Crippen LogP contribution in [0.15, 0.2) is 85.1 Å². The van der Waals surface area contributed by atoms with E-state index in [1.807, 2.05) is 74.6 Å². The molecular weight excluding hydrogens is 497 g/mol. The van der Waals surface area contributed by atoms with Crippen LogP contribution < -0.4 is 14.4 Å². The minimum atomic E-state index is -0.553. The van der Waals surface area contributed by atoms with E-state index in [1.54, 1.807) is 19.1 Å². The van der Waals surface area contributed by atoms with Crippen molar-refractivity contribution in [1.82, 2.24) is 9.47 Å². The smallest absolute Gasteiger partial charge is 0.254 e. The topological polar surface area (TPSA) is 64.0 Å². The Morgan fingerprint density at radius 1 is 0.923 bits per heavy atom. The van der Waals surface area contributed by atoms with Crippen LogP contribution in [0.2, 0.25) is 0 Å². The number of methoxy groups -OCH3 is 2. The minimum absolute atomic E-state index is 0.175. The average Bonchev–Trinajstić information content (AvgIpc) is 3.44. The van der Waals surface area contributed by atoms with Crippen molar-refractivity contribution in [3.63, 3.8) is 0 Å². The second kappa shape index (κ2) is 10.6. The zero-order chi connectivity index (χ0) is 27.7. The largest absolute Gasteiger partial charge is 0.497 e. The summed E-state index contributed by atoms with van der Waals surface area (Å²) in [7, 11) is 3.18. The molecule has 1 unspecified atom stereocenters. The molecular formula is C31H30FN3O4. The summed E-state index contributed by atoms with van der Waals surface area (Å²) in [6.07, 6.45) is 1.97. The molecule has 0 spiro atoms. The van der Waals surface area contributed by atoms with E-state index < -0.39 is 11.9 Å². The summed E-state index contributed by atoms with van der Waals surface area (Å²) < 4.78 is 26.8. The van der Waals surface area contributed by atoms with Gasteiger partial charge in [-0.05, 0) is 80.6 Å². The van der Waals surface area contributed by atoms with Crippen LogP contribution in [0.4, 0.5) is 10.1 Å². The van der Waals surface area contributed by atoms with Crippen molar-refractivity contribution in [2.24, 2.45) is 0 Å². The molecule has 200 valence electrons. The van der Waals surface area contributed by atoms with Crippen molar-refractivity contribution in [1.29, 1.82) is 0 Å². The molecule has 0 radical (unpaired) electrons.